The second-order valence-corrected chi connectivity index (χ2v) is 7.43. The van der Waals surface area contributed by atoms with Crippen LogP contribution in [0.5, 0.6) is 11.5 Å². The minimum Gasteiger partial charge on any atom is -0.872 e. The second kappa shape index (κ2) is 22.5. The first-order chi connectivity index (χ1) is 19.7. The van der Waals surface area contributed by atoms with Crippen LogP contribution < -0.4 is 10.2 Å². The molecule has 0 aliphatic heterocycles. The van der Waals surface area contributed by atoms with Crippen LogP contribution in [0.4, 0.5) is 11.4 Å². The summed E-state index contributed by atoms with van der Waals surface area (Å²) in [5.41, 5.74) is 2.57. The zero-order valence-electron chi connectivity index (χ0n) is 21.4. The summed E-state index contributed by atoms with van der Waals surface area (Å²) >= 11 is 0. The molecule has 212 valence electrons. The zero-order valence-corrected chi connectivity index (χ0v) is 26.2. The minimum atomic E-state index is -0.0582. The second-order valence-electron chi connectivity index (χ2n) is 7.43. The fourth-order valence-corrected chi connectivity index (χ4v) is 3.72. The smallest absolute Gasteiger partial charge is 0.0631 e. The van der Waals surface area contributed by atoms with Crippen LogP contribution in [0.25, 0.3) is 21.5 Å². The van der Waals surface area contributed by atoms with Crippen LogP contribution in [-0.4, -0.2) is 12.4 Å². The molecule has 5 aromatic carbocycles. The average molecular weight is 911 g/mol. The third kappa shape index (κ3) is 10.7. The third-order valence-electron chi connectivity index (χ3n) is 5.40. The molecule has 0 aliphatic rings. The monoisotopic (exact) mass is 912 g/mol. The van der Waals surface area contributed by atoms with Crippen molar-refractivity contribution in [2.24, 2.45) is 9.98 Å². The zero-order chi connectivity index (χ0) is 29.9. The first-order valence-corrected chi connectivity index (χ1v) is 11.1. The predicted molar refractivity (Wildman–Crippen MR) is 143 cm³/mol. The molecule has 0 amide bonds. The molecule has 0 saturated carbocycles. The van der Waals surface area contributed by atoms with Gasteiger partial charge in [-0.1, -0.05) is 84.3 Å². The van der Waals surface area contributed by atoms with E-state index < -0.39 is 0 Å². The molecule has 5 rings (SSSR count). The van der Waals surface area contributed by atoms with E-state index in [0.29, 0.717) is 22.5 Å². The molecule has 10 heteroatoms. The Labute approximate surface area is 269 Å². The van der Waals surface area contributed by atoms with Crippen LogP contribution in [-0.2, 0) is 58.8 Å². The van der Waals surface area contributed by atoms with E-state index in [4.69, 9.17) is 18.6 Å². The Morgan fingerprint density at radius 2 is 0.762 bits per heavy atom. The molecule has 0 N–H and O–H groups in total. The number of aliphatic imine (C=N–C) groups is 2. The van der Waals surface area contributed by atoms with Gasteiger partial charge >= 0.3 is 45.2 Å². The molecule has 0 aliphatic carbocycles. The van der Waals surface area contributed by atoms with Crippen molar-refractivity contribution in [1.82, 2.24) is 0 Å². The van der Waals surface area contributed by atoms with Crippen molar-refractivity contribution in [1.29, 1.82) is 0 Å². The van der Waals surface area contributed by atoms with Gasteiger partial charge in [0.2, 0.25) is 0 Å². The van der Waals surface area contributed by atoms with Crippen molar-refractivity contribution in [3.8, 4) is 11.5 Å². The van der Waals surface area contributed by atoms with Crippen LogP contribution in [0.3, 0.4) is 0 Å². The van der Waals surface area contributed by atoms with Crippen molar-refractivity contribution >= 4 is 45.3 Å². The molecule has 0 atom stereocenters. The topological polar surface area (TPSA) is 150 Å². The van der Waals surface area contributed by atoms with Gasteiger partial charge in [0.1, 0.15) is 0 Å². The van der Waals surface area contributed by atoms with Gasteiger partial charge in [-0.2, -0.15) is 0 Å². The SMILES string of the molecule is [C-]#[O+].[C-]#[O+].[C-]#[O+].[C-]#[O+].[Ir].[Ir].[O-]c1ccc2ccccc2c1C=Nc1ccc(N=Cc2c([O-])ccc3ccccc23)cc1. The number of hydrogen-bond donors (Lipinski definition) is 0. The van der Waals surface area contributed by atoms with Gasteiger partial charge in [-0.05, 0) is 56.9 Å². The van der Waals surface area contributed by atoms with E-state index in [1.165, 1.54) is 0 Å². The molecule has 8 nitrogen and oxygen atoms in total. The molecule has 0 unspecified atom stereocenters. The number of hydrogen-bond acceptors (Lipinski definition) is 4. The van der Waals surface area contributed by atoms with Crippen LogP contribution in [0.15, 0.2) is 107 Å². The predicted octanol–water partition coefficient (Wildman–Crippen LogP) is 5.49. The van der Waals surface area contributed by atoms with Gasteiger partial charge in [0.25, 0.3) is 0 Å². The Morgan fingerprint density at radius 3 is 1.10 bits per heavy atom. The van der Waals surface area contributed by atoms with E-state index in [9.17, 15) is 10.2 Å². The maximum absolute atomic E-state index is 12.3. The van der Waals surface area contributed by atoms with Crippen LogP contribution in [0, 0.1) is 26.6 Å². The van der Waals surface area contributed by atoms with Gasteiger partial charge in [-0.15, -0.1) is 0 Å². The van der Waals surface area contributed by atoms with E-state index >= 15 is 0 Å². The number of nitrogens with zero attached hydrogens (tertiary/aromatic N) is 2. The summed E-state index contributed by atoms with van der Waals surface area (Å²) in [5, 5.41) is 28.4. The Morgan fingerprint density at radius 1 is 0.452 bits per heavy atom. The summed E-state index contributed by atoms with van der Waals surface area (Å²) < 4.78 is 30.0. The molecule has 0 spiro atoms. The molecular weight excluding hydrogens is 893 g/mol. The fourth-order valence-electron chi connectivity index (χ4n) is 3.72. The van der Waals surface area contributed by atoms with Gasteiger partial charge < -0.3 is 10.2 Å². The summed E-state index contributed by atoms with van der Waals surface area (Å²) in [6.07, 6.45) is 3.23. The van der Waals surface area contributed by atoms with Crippen molar-refractivity contribution in [2.75, 3.05) is 0 Å². The summed E-state index contributed by atoms with van der Waals surface area (Å²) in [6, 6.07) is 29.6. The van der Waals surface area contributed by atoms with Crippen molar-refractivity contribution in [3.05, 3.63) is 135 Å². The van der Waals surface area contributed by atoms with E-state index in [1.54, 1.807) is 24.6 Å². The summed E-state index contributed by atoms with van der Waals surface area (Å²) in [6.45, 7) is 18.0. The van der Waals surface area contributed by atoms with E-state index in [-0.39, 0.29) is 51.7 Å². The van der Waals surface area contributed by atoms with Crippen LogP contribution in [0.1, 0.15) is 11.1 Å². The summed E-state index contributed by atoms with van der Waals surface area (Å²) in [5.74, 6) is -0.116. The molecule has 5 aromatic rings. The van der Waals surface area contributed by atoms with Crippen LogP contribution >= 0.6 is 0 Å². The summed E-state index contributed by atoms with van der Waals surface area (Å²) in [7, 11) is 0. The summed E-state index contributed by atoms with van der Waals surface area (Å²) in [4.78, 5) is 8.95. The largest absolute Gasteiger partial charge is 0.872 e. The normalized spacial score (nSPS) is 9.14. The Balaban J connectivity index is 0. The molecule has 0 bridgehead atoms. The number of rotatable bonds is 4. The molecule has 42 heavy (non-hydrogen) atoms. The van der Waals surface area contributed by atoms with E-state index in [0.717, 1.165) is 21.5 Å². The fraction of sp³-hybridized carbons (Fsp3) is 0. The first kappa shape index (κ1) is 40.0. The maximum atomic E-state index is 12.3. The molecule has 0 saturated heterocycles. The molecule has 0 heterocycles. The van der Waals surface area contributed by atoms with Crippen molar-refractivity contribution < 1.29 is 69.0 Å². The number of benzene rings is 5. The van der Waals surface area contributed by atoms with Gasteiger partial charge in [0.05, 0.1) is 11.4 Å². The van der Waals surface area contributed by atoms with Gasteiger partial charge in [-0.25, -0.2) is 0 Å². The average Bonchev–Trinajstić information content (AvgIpc) is 3.04. The Bertz CT molecular complexity index is 1550. The van der Waals surface area contributed by atoms with Gasteiger partial charge in [0.15, 0.2) is 0 Å². The van der Waals surface area contributed by atoms with Gasteiger partial charge in [0, 0.05) is 52.6 Å². The van der Waals surface area contributed by atoms with E-state index in [2.05, 4.69) is 36.6 Å². The number of fused-ring (bicyclic) bond motifs is 2. The Kier molecular flexibility index (Phi) is 21.4. The van der Waals surface area contributed by atoms with Crippen molar-refractivity contribution in [2.45, 2.75) is 0 Å². The molecule has 2 radical (unpaired) electrons. The molecule has 0 aromatic heterocycles. The minimum absolute atomic E-state index is 0. The molecular formula is C32H18Ir2N2O6-2. The van der Waals surface area contributed by atoms with E-state index in [1.807, 2.05) is 84.9 Å². The quantitative estimate of drug-likeness (QED) is 0.133. The van der Waals surface area contributed by atoms with Crippen LogP contribution in [0.2, 0.25) is 0 Å². The third-order valence-corrected chi connectivity index (χ3v) is 5.40. The Hall–Kier alpha value is -4.18. The van der Waals surface area contributed by atoms with Gasteiger partial charge in [-0.3, -0.25) is 9.98 Å². The molecule has 0 fully saturated rings. The van der Waals surface area contributed by atoms with Crippen molar-refractivity contribution in [3.63, 3.8) is 0 Å². The maximum Gasteiger partial charge on any atom is 0.0631 e. The standard InChI is InChI=1S/C28H20N2O2.4CO.2Ir/c31-27-15-9-19-5-1-3-7-23(19)25(27)17-29-21-11-13-22(14-12-21)30-18-26-24-8-4-2-6-20(24)10-16-28(26)32;4*1-2;;/h1-18,31-32H;;;;;;/p-2. The first-order valence-electron chi connectivity index (χ1n) is 11.1.